The van der Waals surface area contributed by atoms with Gasteiger partial charge in [0.1, 0.15) is 0 Å². The van der Waals surface area contributed by atoms with Crippen molar-refractivity contribution < 1.29 is 18.0 Å². The highest BCUT2D eigenvalue weighted by Crippen LogP contribution is 2.55. The minimum Gasteiger partial charge on any atom is -0.357 e. The van der Waals surface area contributed by atoms with Gasteiger partial charge in [0.2, 0.25) is 5.91 Å². The molecule has 7 heteroatoms. The zero-order valence-corrected chi connectivity index (χ0v) is 19.5. The predicted molar refractivity (Wildman–Crippen MR) is 128 cm³/mol. The molecule has 1 amide bonds. The number of hydrogen-bond donors (Lipinski definition) is 2. The van der Waals surface area contributed by atoms with Gasteiger partial charge >= 0.3 is 6.18 Å². The van der Waals surface area contributed by atoms with E-state index in [0.29, 0.717) is 0 Å². The Morgan fingerprint density at radius 2 is 2.00 bits per heavy atom. The van der Waals surface area contributed by atoms with Crippen molar-refractivity contribution in [2.24, 2.45) is 11.3 Å². The summed E-state index contributed by atoms with van der Waals surface area (Å²) >= 11 is 0. The highest BCUT2D eigenvalue weighted by atomic mass is 19.4. The number of nitrogens with zero attached hydrogens (tertiary/aromatic N) is 1. The number of rotatable bonds is 4. The molecule has 3 heterocycles. The summed E-state index contributed by atoms with van der Waals surface area (Å²) in [7, 11) is 0. The van der Waals surface area contributed by atoms with E-state index in [0.717, 1.165) is 56.4 Å². The molecule has 1 aromatic heterocycles. The normalized spacial score (nSPS) is 23.9. The van der Waals surface area contributed by atoms with E-state index in [1.54, 1.807) is 0 Å². The second-order valence-corrected chi connectivity index (χ2v) is 9.73. The summed E-state index contributed by atoms with van der Waals surface area (Å²) in [5.41, 5.74) is 2.75. The lowest BCUT2D eigenvalue weighted by atomic mass is 9.61. The average Bonchev–Trinajstić information content (AvgIpc) is 3.21. The largest absolute Gasteiger partial charge is 0.416 e. The quantitative estimate of drug-likeness (QED) is 0.455. The molecule has 3 aromatic rings. The van der Waals surface area contributed by atoms with E-state index >= 15 is 0 Å². The highest BCUT2D eigenvalue weighted by molar-refractivity contribution is 5.93. The molecular formula is C27H30F3N3O. The third-order valence-corrected chi connectivity index (χ3v) is 8.14. The molecule has 0 saturated carbocycles. The summed E-state index contributed by atoms with van der Waals surface area (Å²) in [4.78, 5) is 19.6. The number of H-pyrrole nitrogens is 1. The second-order valence-electron chi connectivity index (χ2n) is 9.73. The Hall–Kier alpha value is -2.80. The summed E-state index contributed by atoms with van der Waals surface area (Å²) in [5, 5.41) is 4.03. The van der Waals surface area contributed by atoms with E-state index in [9.17, 15) is 18.0 Å². The molecule has 0 radical (unpaired) electrons. The number of hydrogen-bond acceptors (Lipinski definition) is 2. The fourth-order valence-electron chi connectivity index (χ4n) is 6.35. The van der Waals surface area contributed by atoms with Gasteiger partial charge in [-0.25, -0.2) is 0 Å². The van der Waals surface area contributed by atoms with Crippen LogP contribution in [0.3, 0.4) is 0 Å². The van der Waals surface area contributed by atoms with Gasteiger partial charge in [0.15, 0.2) is 0 Å². The minimum atomic E-state index is -4.45. The molecule has 5 rings (SSSR count). The molecule has 2 N–H and O–H groups in total. The topological polar surface area (TPSA) is 48.1 Å². The molecule has 1 unspecified atom stereocenters. The lowest BCUT2D eigenvalue weighted by molar-refractivity contribution is -0.137. The molecule has 0 aliphatic carbocycles. The number of amides is 1. The summed E-state index contributed by atoms with van der Waals surface area (Å²) in [5.74, 6) is -0.608. The van der Waals surface area contributed by atoms with Crippen LogP contribution in [-0.2, 0) is 17.4 Å². The van der Waals surface area contributed by atoms with Gasteiger partial charge in [0.05, 0.1) is 11.6 Å². The summed E-state index contributed by atoms with van der Waals surface area (Å²) in [6.07, 6.45) is -0.771. The lowest BCUT2D eigenvalue weighted by Gasteiger charge is -2.54. The van der Waals surface area contributed by atoms with Crippen molar-refractivity contribution in [2.45, 2.75) is 51.7 Å². The molecule has 2 aromatic carbocycles. The van der Waals surface area contributed by atoms with Gasteiger partial charge < -0.3 is 10.3 Å². The number of carbonyl (C=O) groups is 1. The first-order valence-electron chi connectivity index (χ1n) is 12.1. The van der Waals surface area contributed by atoms with Crippen molar-refractivity contribution in [3.8, 4) is 0 Å². The van der Waals surface area contributed by atoms with Gasteiger partial charge in [-0.15, -0.1) is 0 Å². The molecule has 0 bridgehead atoms. The van der Waals surface area contributed by atoms with Crippen LogP contribution >= 0.6 is 0 Å². The zero-order chi connectivity index (χ0) is 24.1. The first-order valence-corrected chi connectivity index (χ1v) is 12.1. The van der Waals surface area contributed by atoms with E-state index in [-0.39, 0.29) is 29.0 Å². The number of benzene rings is 2. The van der Waals surface area contributed by atoms with Crippen LogP contribution in [0.2, 0.25) is 0 Å². The maximum Gasteiger partial charge on any atom is 0.416 e. The number of halogens is 3. The first kappa shape index (κ1) is 23.0. The van der Waals surface area contributed by atoms with E-state index in [1.165, 1.54) is 28.8 Å². The Morgan fingerprint density at radius 1 is 1.21 bits per heavy atom. The fraction of sp³-hybridized carbons (Fsp3) is 0.444. The lowest BCUT2D eigenvalue weighted by Crippen LogP contribution is -2.53. The van der Waals surface area contributed by atoms with Crippen LogP contribution in [0.15, 0.2) is 48.5 Å². The van der Waals surface area contributed by atoms with Gasteiger partial charge in [-0.1, -0.05) is 38.1 Å². The zero-order valence-electron chi connectivity index (χ0n) is 19.5. The third kappa shape index (κ3) is 3.70. The molecule has 34 heavy (non-hydrogen) atoms. The van der Waals surface area contributed by atoms with Gasteiger partial charge in [-0.3, -0.25) is 9.69 Å². The number of fused-ring (bicyclic) bond motifs is 5. The highest BCUT2D eigenvalue weighted by Gasteiger charge is 2.52. The number of nitrogens with one attached hydrogen (secondary N) is 2. The Labute approximate surface area is 197 Å². The molecule has 1 fully saturated rings. The number of alkyl halides is 3. The van der Waals surface area contributed by atoms with Crippen LogP contribution in [0.4, 0.5) is 18.9 Å². The molecule has 2 aliphatic heterocycles. The maximum atomic E-state index is 13.5. The number of aromatic amines is 1. The average molecular weight is 470 g/mol. The van der Waals surface area contributed by atoms with Crippen molar-refractivity contribution >= 4 is 22.5 Å². The number of piperidine rings is 1. The van der Waals surface area contributed by atoms with Crippen molar-refractivity contribution in [1.82, 2.24) is 9.88 Å². The molecular weight excluding hydrogens is 439 g/mol. The van der Waals surface area contributed by atoms with Crippen LogP contribution in [-0.4, -0.2) is 28.9 Å². The standard InChI is InChI=1S/C27H30F3N3O/c1-3-26(17(2)25(34)31-19-9-6-8-18(16-19)27(28,29)30)13-7-14-33-15-12-21-20-10-4-5-11-22(20)32-23(21)24(26)33/h4-6,8-11,16-17,24,32H,3,7,12-15H2,1-2H3,(H,31,34)/t17?,24-,26+/m1/s1. The molecule has 0 spiro atoms. The Balaban J connectivity index is 1.50. The Kier molecular flexibility index (Phi) is 5.71. The van der Waals surface area contributed by atoms with Gasteiger partial charge in [-0.2, -0.15) is 13.2 Å². The van der Waals surface area contributed by atoms with Gasteiger partial charge in [-0.05, 0) is 62.1 Å². The van der Waals surface area contributed by atoms with Crippen molar-refractivity contribution in [2.75, 3.05) is 18.4 Å². The third-order valence-electron chi connectivity index (χ3n) is 8.14. The Morgan fingerprint density at radius 3 is 2.76 bits per heavy atom. The fourth-order valence-corrected chi connectivity index (χ4v) is 6.35. The summed E-state index contributed by atoms with van der Waals surface area (Å²) in [6, 6.07) is 13.3. The number of aromatic nitrogens is 1. The van der Waals surface area contributed by atoms with Gasteiger partial charge in [0, 0.05) is 40.2 Å². The van der Waals surface area contributed by atoms with E-state index in [1.807, 2.05) is 13.0 Å². The van der Waals surface area contributed by atoms with Crippen LogP contribution in [0, 0.1) is 11.3 Å². The van der Waals surface area contributed by atoms with Crippen molar-refractivity contribution in [3.05, 3.63) is 65.4 Å². The molecule has 3 atom stereocenters. The number of carbonyl (C=O) groups excluding carboxylic acids is 1. The van der Waals surface area contributed by atoms with Crippen molar-refractivity contribution in [1.29, 1.82) is 0 Å². The SMILES string of the molecule is CC[C@@]1(C(C)C(=O)Nc2cccc(C(F)(F)F)c2)CCCN2CCc3c([nH]c4ccccc34)[C@@H]21. The molecule has 4 nitrogen and oxygen atoms in total. The van der Waals surface area contributed by atoms with E-state index < -0.39 is 11.7 Å². The first-order chi connectivity index (χ1) is 16.2. The smallest absolute Gasteiger partial charge is 0.357 e. The van der Waals surface area contributed by atoms with E-state index in [2.05, 4.69) is 40.3 Å². The molecule has 180 valence electrons. The van der Waals surface area contributed by atoms with Crippen LogP contribution < -0.4 is 5.32 Å². The predicted octanol–water partition coefficient (Wildman–Crippen LogP) is 6.55. The maximum absolute atomic E-state index is 13.5. The summed E-state index contributed by atoms with van der Waals surface area (Å²) < 4.78 is 39.5. The summed E-state index contributed by atoms with van der Waals surface area (Å²) in [6.45, 7) is 6.01. The van der Waals surface area contributed by atoms with Gasteiger partial charge in [0.25, 0.3) is 0 Å². The minimum absolute atomic E-state index is 0.0738. The molecule has 1 saturated heterocycles. The second kappa shape index (κ2) is 8.45. The van der Waals surface area contributed by atoms with Crippen LogP contribution in [0.1, 0.15) is 56.0 Å². The monoisotopic (exact) mass is 469 g/mol. The van der Waals surface area contributed by atoms with Crippen LogP contribution in [0.25, 0.3) is 10.9 Å². The van der Waals surface area contributed by atoms with E-state index in [4.69, 9.17) is 0 Å². The Bertz CT molecular complexity index is 1220. The number of para-hydroxylation sites is 1. The molecule has 2 aliphatic rings. The van der Waals surface area contributed by atoms with Crippen LogP contribution in [0.5, 0.6) is 0 Å². The number of anilines is 1. The van der Waals surface area contributed by atoms with Crippen molar-refractivity contribution in [3.63, 3.8) is 0 Å².